The van der Waals surface area contributed by atoms with Gasteiger partial charge in [0.05, 0.1) is 6.57 Å². The van der Waals surface area contributed by atoms with Crippen molar-refractivity contribution < 1.29 is 0 Å². The van der Waals surface area contributed by atoms with Gasteiger partial charge in [0.15, 0.2) is 5.69 Å². The van der Waals surface area contributed by atoms with Crippen molar-refractivity contribution >= 4 is 38.0 Å². The summed E-state index contributed by atoms with van der Waals surface area (Å²) in [5.74, 6) is 0. The molecule has 0 saturated carbocycles. The third-order valence-electron chi connectivity index (χ3n) is 7.51. The highest BCUT2D eigenvalue weighted by Crippen LogP contribution is 2.40. The molecule has 0 heterocycles. The van der Waals surface area contributed by atoms with Gasteiger partial charge in [-0.2, -0.15) is 0 Å². The van der Waals surface area contributed by atoms with Gasteiger partial charge in [0.2, 0.25) is 0 Å². The van der Waals surface area contributed by atoms with Crippen molar-refractivity contribution in [1.29, 1.82) is 0 Å². The molecule has 0 unspecified atom stereocenters. The van der Waals surface area contributed by atoms with Gasteiger partial charge >= 0.3 is 0 Å². The van der Waals surface area contributed by atoms with Crippen molar-refractivity contribution in [1.82, 2.24) is 0 Å². The van der Waals surface area contributed by atoms with Crippen LogP contribution >= 0.6 is 0 Å². The monoisotopic (exact) mass is 481 g/mol. The Morgan fingerprint density at radius 2 is 0.868 bits per heavy atom. The minimum atomic E-state index is 0.691. The minimum absolute atomic E-state index is 0.691. The standard InChI is InChI=1S/C37H23N/c1-38-37-23-22-35(33-12-6-7-13-36(33)37)34-21-20-30(31-10-4-5-11-32(31)34)27-17-14-26(15-18-27)29-19-16-25-8-2-3-9-28(25)24-29/h2-24H. The van der Waals surface area contributed by atoms with Crippen LogP contribution in [0.3, 0.4) is 0 Å². The van der Waals surface area contributed by atoms with Crippen molar-refractivity contribution in [2.75, 3.05) is 0 Å². The average Bonchev–Trinajstić information content (AvgIpc) is 3.00. The number of hydrogen-bond acceptors (Lipinski definition) is 0. The molecular formula is C37H23N. The Morgan fingerprint density at radius 3 is 1.58 bits per heavy atom. The zero-order valence-electron chi connectivity index (χ0n) is 20.7. The van der Waals surface area contributed by atoms with Gasteiger partial charge in [0, 0.05) is 0 Å². The van der Waals surface area contributed by atoms with Crippen molar-refractivity contribution in [2.24, 2.45) is 0 Å². The molecule has 176 valence electrons. The van der Waals surface area contributed by atoms with E-state index in [4.69, 9.17) is 6.57 Å². The summed E-state index contributed by atoms with van der Waals surface area (Å²) in [6.07, 6.45) is 0. The molecule has 1 heteroatoms. The van der Waals surface area contributed by atoms with Crippen LogP contribution in [0, 0.1) is 6.57 Å². The summed E-state index contributed by atoms with van der Waals surface area (Å²) < 4.78 is 0. The normalized spacial score (nSPS) is 11.1. The second-order valence-corrected chi connectivity index (χ2v) is 9.64. The largest absolute Gasteiger partial charge is 0.238 e. The maximum Gasteiger partial charge on any atom is 0.194 e. The Balaban J connectivity index is 1.34. The van der Waals surface area contributed by atoms with E-state index in [0.29, 0.717) is 5.69 Å². The van der Waals surface area contributed by atoms with Gasteiger partial charge in [-0.15, -0.1) is 0 Å². The molecule has 0 fully saturated rings. The van der Waals surface area contributed by atoms with Crippen LogP contribution in [0.1, 0.15) is 0 Å². The smallest absolute Gasteiger partial charge is 0.194 e. The van der Waals surface area contributed by atoms with Gasteiger partial charge in [0.1, 0.15) is 0 Å². The lowest BCUT2D eigenvalue weighted by Gasteiger charge is -2.15. The first-order valence-electron chi connectivity index (χ1n) is 12.8. The van der Waals surface area contributed by atoms with Gasteiger partial charge in [0.25, 0.3) is 0 Å². The summed E-state index contributed by atoms with van der Waals surface area (Å²) in [5.41, 5.74) is 7.89. The molecule has 0 aromatic heterocycles. The lowest BCUT2D eigenvalue weighted by molar-refractivity contribution is 1.61. The van der Waals surface area contributed by atoms with Crippen LogP contribution in [0.25, 0.3) is 70.5 Å². The number of fused-ring (bicyclic) bond motifs is 3. The molecule has 0 spiro atoms. The predicted octanol–water partition coefficient (Wildman–Crippen LogP) is 10.7. The Labute approximate surface area is 222 Å². The van der Waals surface area contributed by atoms with E-state index in [9.17, 15) is 0 Å². The third-order valence-corrected chi connectivity index (χ3v) is 7.51. The van der Waals surface area contributed by atoms with Gasteiger partial charge in [-0.05, 0) is 71.8 Å². The fourth-order valence-electron chi connectivity index (χ4n) is 5.61. The Bertz CT molecular complexity index is 2020. The fourth-order valence-corrected chi connectivity index (χ4v) is 5.61. The Hall–Kier alpha value is -5.19. The van der Waals surface area contributed by atoms with E-state index in [1.54, 1.807) is 0 Å². The molecule has 7 aromatic rings. The van der Waals surface area contributed by atoms with Gasteiger partial charge in [-0.3, -0.25) is 0 Å². The zero-order chi connectivity index (χ0) is 25.5. The molecule has 0 radical (unpaired) electrons. The molecule has 1 nitrogen and oxygen atoms in total. The van der Waals surface area contributed by atoms with Crippen LogP contribution in [-0.2, 0) is 0 Å². The highest BCUT2D eigenvalue weighted by Gasteiger charge is 2.13. The van der Waals surface area contributed by atoms with Crippen LogP contribution in [-0.4, -0.2) is 0 Å². The number of nitrogens with zero attached hydrogens (tertiary/aromatic N) is 1. The van der Waals surface area contributed by atoms with Crippen LogP contribution in [0.4, 0.5) is 5.69 Å². The third kappa shape index (κ3) is 3.63. The quantitative estimate of drug-likeness (QED) is 0.221. The topological polar surface area (TPSA) is 4.36 Å². The van der Waals surface area contributed by atoms with Crippen molar-refractivity contribution in [3.63, 3.8) is 0 Å². The molecule has 0 aliphatic heterocycles. The maximum atomic E-state index is 7.59. The average molecular weight is 482 g/mol. The summed E-state index contributed by atoms with van der Waals surface area (Å²) >= 11 is 0. The highest BCUT2D eigenvalue weighted by atomic mass is 14.6. The maximum absolute atomic E-state index is 7.59. The second-order valence-electron chi connectivity index (χ2n) is 9.64. The molecule has 0 saturated heterocycles. The molecule has 7 rings (SSSR count). The molecule has 38 heavy (non-hydrogen) atoms. The molecule has 0 amide bonds. The number of benzene rings is 7. The van der Waals surface area contributed by atoms with Crippen LogP contribution in [0.2, 0.25) is 0 Å². The molecular weight excluding hydrogens is 458 g/mol. The molecule has 0 N–H and O–H groups in total. The van der Waals surface area contributed by atoms with E-state index >= 15 is 0 Å². The molecule has 0 aliphatic carbocycles. The van der Waals surface area contributed by atoms with Crippen LogP contribution in [0.5, 0.6) is 0 Å². The summed E-state index contributed by atoms with van der Waals surface area (Å²) in [5, 5.41) is 7.06. The molecule has 0 aliphatic rings. The number of hydrogen-bond donors (Lipinski definition) is 0. The fraction of sp³-hybridized carbons (Fsp3) is 0. The second kappa shape index (κ2) is 9.04. The molecule has 7 aromatic carbocycles. The zero-order valence-corrected chi connectivity index (χ0v) is 20.7. The summed E-state index contributed by atoms with van der Waals surface area (Å²) in [7, 11) is 0. The van der Waals surface area contributed by atoms with Gasteiger partial charge < -0.3 is 0 Å². The number of rotatable bonds is 3. The van der Waals surface area contributed by atoms with E-state index in [0.717, 1.165) is 16.3 Å². The van der Waals surface area contributed by atoms with E-state index in [-0.39, 0.29) is 0 Å². The van der Waals surface area contributed by atoms with Crippen LogP contribution in [0.15, 0.2) is 140 Å². The van der Waals surface area contributed by atoms with Crippen molar-refractivity contribution in [3.8, 4) is 33.4 Å². The van der Waals surface area contributed by atoms with E-state index in [1.807, 2.05) is 24.3 Å². The lowest BCUT2D eigenvalue weighted by atomic mass is 9.89. The SMILES string of the molecule is [C-]#[N+]c1ccc(-c2ccc(-c3ccc(-c4ccc5ccccc5c4)cc3)c3ccccc23)c2ccccc12. The van der Waals surface area contributed by atoms with E-state index < -0.39 is 0 Å². The molecule has 0 atom stereocenters. The first kappa shape index (κ1) is 22.0. The van der Waals surface area contributed by atoms with E-state index in [2.05, 4.69) is 120 Å². The van der Waals surface area contributed by atoms with Crippen molar-refractivity contribution in [2.45, 2.75) is 0 Å². The Morgan fingerprint density at radius 1 is 0.368 bits per heavy atom. The van der Waals surface area contributed by atoms with E-state index in [1.165, 1.54) is 49.4 Å². The lowest BCUT2D eigenvalue weighted by Crippen LogP contribution is -1.88. The first-order valence-corrected chi connectivity index (χ1v) is 12.8. The Kier molecular flexibility index (Phi) is 5.24. The highest BCUT2D eigenvalue weighted by molar-refractivity contribution is 6.11. The van der Waals surface area contributed by atoms with Crippen LogP contribution < -0.4 is 0 Å². The van der Waals surface area contributed by atoms with Crippen molar-refractivity contribution in [3.05, 3.63) is 151 Å². The minimum Gasteiger partial charge on any atom is -0.238 e. The summed E-state index contributed by atoms with van der Waals surface area (Å²) in [6, 6.07) is 49.4. The first-order chi connectivity index (χ1) is 18.8. The predicted molar refractivity (Wildman–Crippen MR) is 162 cm³/mol. The van der Waals surface area contributed by atoms with Gasteiger partial charge in [-0.1, -0.05) is 133 Å². The summed E-state index contributed by atoms with van der Waals surface area (Å²) in [6.45, 7) is 7.59. The molecule has 0 bridgehead atoms. The summed E-state index contributed by atoms with van der Waals surface area (Å²) in [4.78, 5) is 3.74. The van der Waals surface area contributed by atoms with Gasteiger partial charge in [-0.25, -0.2) is 4.85 Å².